The maximum atomic E-state index is 4.62. The van der Waals surface area contributed by atoms with Crippen molar-refractivity contribution >= 4 is 0 Å². The van der Waals surface area contributed by atoms with E-state index in [0.717, 1.165) is 18.9 Å². The van der Waals surface area contributed by atoms with Gasteiger partial charge in [0, 0.05) is 19.0 Å². The fourth-order valence-corrected chi connectivity index (χ4v) is 3.97. The number of hydrogen-bond donors (Lipinski definition) is 1. The van der Waals surface area contributed by atoms with Crippen molar-refractivity contribution in [3.8, 4) is 0 Å². The second-order valence-electron chi connectivity index (χ2n) is 7.53. The van der Waals surface area contributed by atoms with Gasteiger partial charge in [-0.1, -0.05) is 40.5 Å². The first kappa shape index (κ1) is 14.1. The summed E-state index contributed by atoms with van der Waals surface area (Å²) in [6, 6.07) is 0.358. The molecular weight excluding hydrogens is 248 g/mol. The lowest BCUT2D eigenvalue weighted by Crippen LogP contribution is -2.38. The van der Waals surface area contributed by atoms with Crippen LogP contribution < -0.4 is 5.32 Å². The minimum atomic E-state index is 0.358. The van der Waals surface area contributed by atoms with Crippen LogP contribution in [0.15, 0.2) is 0 Å². The number of nitrogens with one attached hydrogen (secondary N) is 1. The maximum absolute atomic E-state index is 4.62. The Morgan fingerprint density at radius 3 is 2.65 bits per heavy atom. The minimum Gasteiger partial charge on any atom is -0.312 e. The van der Waals surface area contributed by atoms with Crippen molar-refractivity contribution in [2.24, 2.45) is 11.3 Å². The molecule has 1 aromatic heterocycles. The largest absolute Gasteiger partial charge is 0.312 e. The Kier molecular flexibility index (Phi) is 3.61. The second kappa shape index (κ2) is 5.14. The summed E-state index contributed by atoms with van der Waals surface area (Å²) in [5, 5.41) is 12.8. The molecule has 2 aliphatic rings. The quantitative estimate of drug-likeness (QED) is 0.901. The molecule has 1 N–H and O–H groups in total. The van der Waals surface area contributed by atoms with E-state index >= 15 is 0 Å². The lowest BCUT2D eigenvalue weighted by Gasteiger charge is -2.38. The zero-order valence-electron chi connectivity index (χ0n) is 13.3. The Labute approximate surface area is 122 Å². The lowest BCUT2D eigenvalue weighted by molar-refractivity contribution is 0.186. The lowest BCUT2D eigenvalue weighted by atomic mass is 9.68. The topological polar surface area (TPSA) is 42.7 Å². The van der Waals surface area contributed by atoms with Crippen molar-refractivity contribution in [1.82, 2.24) is 20.1 Å². The van der Waals surface area contributed by atoms with E-state index in [4.69, 9.17) is 0 Å². The van der Waals surface area contributed by atoms with E-state index in [-0.39, 0.29) is 0 Å². The molecule has 20 heavy (non-hydrogen) atoms. The van der Waals surface area contributed by atoms with Crippen molar-refractivity contribution < 1.29 is 0 Å². The smallest absolute Gasteiger partial charge is 0.150 e. The van der Waals surface area contributed by atoms with Crippen molar-refractivity contribution in [2.45, 2.75) is 71.9 Å². The monoisotopic (exact) mass is 276 g/mol. The number of aromatic nitrogens is 3. The first-order chi connectivity index (χ1) is 9.50. The molecular formula is C16H28N4. The predicted octanol–water partition coefficient (Wildman–Crippen LogP) is 3.26. The zero-order valence-corrected chi connectivity index (χ0v) is 13.3. The number of nitrogens with zero attached hydrogens (tertiary/aromatic N) is 3. The van der Waals surface area contributed by atoms with Gasteiger partial charge in [0.15, 0.2) is 5.82 Å². The van der Waals surface area contributed by atoms with Crippen LogP contribution in [0.4, 0.5) is 0 Å². The Hall–Kier alpha value is -0.900. The molecule has 0 spiro atoms. The molecule has 1 fully saturated rings. The van der Waals surface area contributed by atoms with Crippen LogP contribution in [0.25, 0.3) is 0 Å². The molecule has 2 atom stereocenters. The Morgan fingerprint density at radius 1 is 1.20 bits per heavy atom. The van der Waals surface area contributed by atoms with E-state index in [9.17, 15) is 0 Å². The summed E-state index contributed by atoms with van der Waals surface area (Å²) in [6.45, 7) is 11.4. The van der Waals surface area contributed by atoms with Crippen molar-refractivity contribution in [2.75, 3.05) is 6.54 Å². The van der Waals surface area contributed by atoms with Gasteiger partial charge >= 0.3 is 0 Å². The molecule has 112 valence electrons. The van der Waals surface area contributed by atoms with Gasteiger partial charge in [-0.3, -0.25) is 0 Å². The highest BCUT2D eigenvalue weighted by Crippen LogP contribution is 2.46. The highest BCUT2D eigenvalue weighted by molar-refractivity contribution is 5.12. The molecule has 4 heteroatoms. The van der Waals surface area contributed by atoms with Crippen molar-refractivity contribution in [3.63, 3.8) is 0 Å². The van der Waals surface area contributed by atoms with E-state index in [1.165, 1.54) is 31.5 Å². The highest BCUT2D eigenvalue weighted by atomic mass is 15.3. The van der Waals surface area contributed by atoms with Crippen LogP contribution in [-0.4, -0.2) is 21.3 Å². The van der Waals surface area contributed by atoms with E-state index < -0.39 is 0 Å². The summed E-state index contributed by atoms with van der Waals surface area (Å²) in [5.74, 6) is 3.54. The third kappa shape index (κ3) is 2.28. The summed E-state index contributed by atoms with van der Waals surface area (Å²) >= 11 is 0. The van der Waals surface area contributed by atoms with E-state index in [0.29, 0.717) is 23.3 Å². The van der Waals surface area contributed by atoms with Crippen LogP contribution in [0.5, 0.6) is 0 Å². The van der Waals surface area contributed by atoms with E-state index in [2.05, 4.69) is 47.8 Å². The van der Waals surface area contributed by atoms with E-state index in [1.807, 2.05) is 0 Å². The van der Waals surface area contributed by atoms with Crippen LogP contribution in [0.1, 0.15) is 77.0 Å². The van der Waals surface area contributed by atoms with Crippen LogP contribution in [0, 0.1) is 11.3 Å². The molecule has 1 aliphatic heterocycles. The molecule has 1 saturated carbocycles. The molecule has 3 rings (SSSR count). The van der Waals surface area contributed by atoms with Gasteiger partial charge in [0.25, 0.3) is 0 Å². The average molecular weight is 276 g/mol. The van der Waals surface area contributed by atoms with Gasteiger partial charge in [-0.25, -0.2) is 0 Å². The fraction of sp³-hybridized carbons (Fsp3) is 0.875. The molecule has 4 nitrogen and oxygen atoms in total. The normalized spacial score (nSPS) is 29.4. The first-order valence-electron chi connectivity index (χ1n) is 8.17. The first-order valence-corrected chi connectivity index (χ1v) is 8.17. The van der Waals surface area contributed by atoms with Gasteiger partial charge in [0.1, 0.15) is 5.82 Å². The Bertz CT molecular complexity index is 475. The summed E-state index contributed by atoms with van der Waals surface area (Å²) in [6.07, 6.45) is 5.28. The SMILES string of the molecule is CC(C)C1NCCn2c1nnc2C1CCCCC1(C)C. The van der Waals surface area contributed by atoms with Gasteiger partial charge in [0.2, 0.25) is 0 Å². The number of rotatable bonds is 2. The molecule has 0 saturated heterocycles. The molecule has 0 radical (unpaired) electrons. The van der Waals surface area contributed by atoms with Crippen molar-refractivity contribution in [1.29, 1.82) is 0 Å². The van der Waals surface area contributed by atoms with Gasteiger partial charge in [-0.05, 0) is 24.2 Å². The summed E-state index contributed by atoms with van der Waals surface area (Å²) < 4.78 is 2.42. The molecule has 0 amide bonds. The summed E-state index contributed by atoms with van der Waals surface area (Å²) in [7, 11) is 0. The molecule has 0 aromatic carbocycles. The molecule has 1 aliphatic carbocycles. The number of hydrogen-bond acceptors (Lipinski definition) is 3. The molecule has 2 unspecified atom stereocenters. The van der Waals surface area contributed by atoms with Crippen molar-refractivity contribution in [3.05, 3.63) is 11.6 Å². The highest BCUT2D eigenvalue weighted by Gasteiger charge is 2.38. The Morgan fingerprint density at radius 2 is 1.95 bits per heavy atom. The van der Waals surface area contributed by atoms with Crippen LogP contribution in [-0.2, 0) is 6.54 Å². The standard InChI is InChI=1S/C16H28N4/c1-11(2)13-15-19-18-14(20(15)10-9-17-13)12-7-5-6-8-16(12,3)4/h11-13,17H,5-10H2,1-4H3. The molecule has 0 bridgehead atoms. The summed E-state index contributed by atoms with van der Waals surface area (Å²) in [4.78, 5) is 0. The van der Waals surface area contributed by atoms with E-state index in [1.54, 1.807) is 0 Å². The third-order valence-corrected chi connectivity index (χ3v) is 5.27. The Balaban J connectivity index is 1.96. The predicted molar refractivity (Wildman–Crippen MR) is 80.6 cm³/mol. The van der Waals surface area contributed by atoms with Crippen LogP contribution in [0.3, 0.4) is 0 Å². The summed E-state index contributed by atoms with van der Waals surface area (Å²) in [5.41, 5.74) is 0.361. The van der Waals surface area contributed by atoms with Crippen LogP contribution >= 0.6 is 0 Å². The average Bonchev–Trinajstić information content (AvgIpc) is 2.81. The maximum Gasteiger partial charge on any atom is 0.150 e. The second-order valence-corrected chi connectivity index (χ2v) is 7.53. The van der Waals surface area contributed by atoms with Crippen LogP contribution in [0.2, 0.25) is 0 Å². The number of fused-ring (bicyclic) bond motifs is 1. The fourth-order valence-electron chi connectivity index (χ4n) is 3.97. The van der Waals surface area contributed by atoms with Gasteiger partial charge in [0.05, 0.1) is 6.04 Å². The van der Waals surface area contributed by atoms with Gasteiger partial charge in [-0.15, -0.1) is 10.2 Å². The van der Waals surface area contributed by atoms with Gasteiger partial charge < -0.3 is 9.88 Å². The molecule has 2 heterocycles. The minimum absolute atomic E-state index is 0.358. The molecule has 1 aromatic rings. The third-order valence-electron chi connectivity index (χ3n) is 5.27. The van der Waals surface area contributed by atoms with Gasteiger partial charge in [-0.2, -0.15) is 0 Å². The zero-order chi connectivity index (χ0) is 14.3.